The largest absolute Gasteiger partial charge is 0.394 e. The highest BCUT2D eigenvalue weighted by Gasteiger charge is 2.26. The number of hydrogen-bond donors (Lipinski definition) is 2. The maximum Gasteiger partial charge on any atom is 0.0613 e. The molecule has 3 atom stereocenters. The van der Waals surface area contributed by atoms with Crippen molar-refractivity contribution in [1.29, 1.82) is 0 Å². The topological polar surface area (TPSA) is 41.5 Å². The molecule has 0 aromatic carbocycles. The number of nitrogens with one attached hydrogen (secondary N) is 1. The molecule has 0 amide bonds. The summed E-state index contributed by atoms with van der Waals surface area (Å²) in [4.78, 5) is 0. The molecule has 20 heavy (non-hydrogen) atoms. The van der Waals surface area contributed by atoms with Gasteiger partial charge in [0.2, 0.25) is 0 Å². The van der Waals surface area contributed by atoms with Crippen molar-refractivity contribution < 1.29 is 9.84 Å². The Morgan fingerprint density at radius 3 is 2.65 bits per heavy atom. The van der Waals surface area contributed by atoms with Gasteiger partial charge in [-0.3, -0.25) is 0 Å². The highest BCUT2D eigenvalue weighted by molar-refractivity contribution is 4.85. The van der Waals surface area contributed by atoms with Gasteiger partial charge < -0.3 is 15.2 Å². The van der Waals surface area contributed by atoms with Crippen molar-refractivity contribution in [3.8, 4) is 0 Å². The Hall–Kier alpha value is -0.120. The molecule has 2 N–H and O–H groups in total. The van der Waals surface area contributed by atoms with Crippen LogP contribution >= 0.6 is 0 Å². The lowest BCUT2D eigenvalue weighted by molar-refractivity contribution is 0.00651. The van der Waals surface area contributed by atoms with E-state index < -0.39 is 0 Å². The highest BCUT2D eigenvalue weighted by atomic mass is 16.5. The van der Waals surface area contributed by atoms with Crippen molar-refractivity contribution in [1.82, 2.24) is 5.32 Å². The zero-order valence-electron chi connectivity index (χ0n) is 13.8. The molecule has 0 bridgehead atoms. The summed E-state index contributed by atoms with van der Waals surface area (Å²) in [6.45, 7) is 8.51. The van der Waals surface area contributed by atoms with Crippen LogP contribution in [0.25, 0.3) is 0 Å². The van der Waals surface area contributed by atoms with Crippen LogP contribution in [-0.4, -0.2) is 36.5 Å². The molecule has 1 fully saturated rings. The maximum absolute atomic E-state index is 9.62. The lowest BCUT2D eigenvalue weighted by Crippen LogP contribution is -2.48. The van der Waals surface area contributed by atoms with Gasteiger partial charge in [0.1, 0.15) is 0 Å². The van der Waals surface area contributed by atoms with Crippen LogP contribution in [0.1, 0.15) is 72.1 Å². The predicted octanol–water partition coefficient (Wildman–Crippen LogP) is 3.50. The molecule has 1 rings (SSSR count). The maximum atomic E-state index is 9.62. The Morgan fingerprint density at radius 1 is 1.25 bits per heavy atom. The molecule has 0 aliphatic heterocycles. The van der Waals surface area contributed by atoms with Crippen molar-refractivity contribution in [2.45, 2.75) is 83.8 Å². The number of aliphatic hydroxyl groups is 1. The van der Waals surface area contributed by atoms with Crippen LogP contribution in [0.2, 0.25) is 0 Å². The molecule has 0 aromatic rings. The molecular weight excluding hydrogens is 250 g/mol. The van der Waals surface area contributed by atoms with Gasteiger partial charge in [0.15, 0.2) is 0 Å². The zero-order valence-corrected chi connectivity index (χ0v) is 13.8. The van der Waals surface area contributed by atoms with Gasteiger partial charge in [0, 0.05) is 12.1 Å². The first-order valence-electron chi connectivity index (χ1n) is 8.67. The van der Waals surface area contributed by atoms with Gasteiger partial charge in [-0.15, -0.1) is 0 Å². The number of aliphatic hydroxyl groups excluding tert-OH is 1. The molecule has 0 radical (unpaired) electrons. The van der Waals surface area contributed by atoms with Gasteiger partial charge in [0.25, 0.3) is 0 Å². The summed E-state index contributed by atoms with van der Waals surface area (Å²) in [5.74, 6) is 0.877. The first-order valence-corrected chi connectivity index (χ1v) is 8.67. The lowest BCUT2D eigenvalue weighted by Gasteiger charge is -2.32. The Morgan fingerprint density at radius 2 is 2.05 bits per heavy atom. The standard InChI is InChI=1S/C17H35NO2/c1-4-15-9-7-10-16(13-15)20-12-8-11-17(5-2,14-19)18-6-3/h15-16,18-19H,4-14H2,1-3H3. The van der Waals surface area contributed by atoms with E-state index in [1.807, 2.05) is 0 Å². The first-order chi connectivity index (χ1) is 9.69. The van der Waals surface area contributed by atoms with Crippen molar-refractivity contribution in [3.63, 3.8) is 0 Å². The van der Waals surface area contributed by atoms with Gasteiger partial charge in [0.05, 0.1) is 12.7 Å². The Labute approximate surface area is 125 Å². The second kappa shape index (κ2) is 9.75. The van der Waals surface area contributed by atoms with E-state index in [4.69, 9.17) is 4.74 Å². The average Bonchev–Trinajstić information content (AvgIpc) is 2.50. The van der Waals surface area contributed by atoms with E-state index in [-0.39, 0.29) is 12.1 Å². The third kappa shape index (κ3) is 5.71. The third-order valence-corrected chi connectivity index (χ3v) is 5.00. The number of hydrogen-bond acceptors (Lipinski definition) is 3. The van der Waals surface area contributed by atoms with E-state index >= 15 is 0 Å². The molecule has 1 aliphatic rings. The molecule has 0 heterocycles. The van der Waals surface area contributed by atoms with E-state index in [1.165, 1.54) is 32.1 Å². The molecular formula is C17H35NO2. The Balaban J connectivity index is 2.22. The SMILES string of the molecule is CCNC(CC)(CO)CCCOC1CCCC(CC)C1. The molecule has 3 heteroatoms. The smallest absolute Gasteiger partial charge is 0.0613 e. The molecule has 3 nitrogen and oxygen atoms in total. The Bertz CT molecular complexity index is 241. The van der Waals surface area contributed by atoms with Crippen molar-refractivity contribution >= 4 is 0 Å². The average molecular weight is 285 g/mol. The van der Waals surface area contributed by atoms with Crippen LogP contribution in [-0.2, 0) is 4.74 Å². The summed E-state index contributed by atoms with van der Waals surface area (Å²) in [6.07, 6.45) is 9.99. The van der Waals surface area contributed by atoms with Crippen LogP contribution in [0.15, 0.2) is 0 Å². The molecule has 3 unspecified atom stereocenters. The molecule has 0 aromatic heterocycles. The van der Waals surface area contributed by atoms with Gasteiger partial charge in [-0.25, -0.2) is 0 Å². The third-order valence-electron chi connectivity index (χ3n) is 5.00. The molecule has 0 spiro atoms. The monoisotopic (exact) mass is 285 g/mol. The summed E-state index contributed by atoms with van der Waals surface area (Å²) < 4.78 is 6.07. The first kappa shape index (κ1) is 17.9. The Kier molecular flexibility index (Phi) is 8.74. The summed E-state index contributed by atoms with van der Waals surface area (Å²) >= 11 is 0. The fourth-order valence-corrected chi connectivity index (χ4v) is 3.44. The minimum atomic E-state index is -0.101. The van der Waals surface area contributed by atoms with Crippen LogP contribution in [0.3, 0.4) is 0 Å². The van der Waals surface area contributed by atoms with E-state index in [9.17, 15) is 5.11 Å². The summed E-state index contributed by atoms with van der Waals surface area (Å²) in [7, 11) is 0. The highest BCUT2D eigenvalue weighted by Crippen LogP contribution is 2.28. The quantitative estimate of drug-likeness (QED) is 0.604. The minimum Gasteiger partial charge on any atom is -0.394 e. The molecule has 120 valence electrons. The summed E-state index contributed by atoms with van der Waals surface area (Å²) in [6, 6.07) is 0. The minimum absolute atomic E-state index is 0.101. The van der Waals surface area contributed by atoms with Gasteiger partial charge in [-0.2, -0.15) is 0 Å². The van der Waals surface area contributed by atoms with Crippen LogP contribution < -0.4 is 5.32 Å². The van der Waals surface area contributed by atoms with Crippen LogP contribution in [0.4, 0.5) is 0 Å². The second-order valence-corrected chi connectivity index (χ2v) is 6.36. The molecule has 1 aliphatic carbocycles. The fourth-order valence-electron chi connectivity index (χ4n) is 3.44. The number of rotatable bonds is 10. The normalized spacial score (nSPS) is 26.4. The van der Waals surface area contributed by atoms with Crippen molar-refractivity contribution in [2.24, 2.45) is 5.92 Å². The number of likely N-dealkylation sites (N-methyl/N-ethyl adjacent to an activating group) is 1. The van der Waals surface area contributed by atoms with Crippen molar-refractivity contribution in [2.75, 3.05) is 19.8 Å². The van der Waals surface area contributed by atoms with E-state index in [0.29, 0.717) is 6.10 Å². The van der Waals surface area contributed by atoms with Gasteiger partial charge in [-0.05, 0) is 44.6 Å². The van der Waals surface area contributed by atoms with Crippen LogP contribution in [0, 0.1) is 5.92 Å². The lowest BCUT2D eigenvalue weighted by atomic mass is 9.85. The predicted molar refractivity (Wildman–Crippen MR) is 85.0 cm³/mol. The van der Waals surface area contributed by atoms with Crippen molar-refractivity contribution in [3.05, 3.63) is 0 Å². The van der Waals surface area contributed by atoms with Gasteiger partial charge >= 0.3 is 0 Å². The molecule has 1 saturated carbocycles. The van der Waals surface area contributed by atoms with E-state index in [0.717, 1.165) is 38.3 Å². The van der Waals surface area contributed by atoms with E-state index in [2.05, 4.69) is 26.1 Å². The summed E-state index contributed by atoms with van der Waals surface area (Å²) in [5, 5.41) is 13.1. The van der Waals surface area contributed by atoms with Crippen LogP contribution in [0.5, 0.6) is 0 Å². The zero-order chi connectivity index (χ0) is 14.8. The van der Waals surface area contributed by atoms with E-state index in [1.54, 1.807) is 0 Å². The molecule has 0 saturated heterocycles. The summed E-state index contributed by atoms with van der Waals surface area (Å²) in [5.41, 5.74) is -0.101. The van der Waals surface area contributed by atoms with Gasteiger partial charge in [-0.1, -0.05) is 40.0 Å². The number of ether oxygens (including phenoxy) is 1. The fraction of sp³-hybridized carbons (Fsp3) is 1.00. The second-order valence-electron chi connectivity index (χ2n) is 6.36.